The summed E-state index contributed by atoms with van der Waals surface area (Å²) in [6, 6.07) is 14.1. The minimum Gasteiger partial charge on any atom is -0.376 e. The maximum Gasteiger partial charge on any atom is 0.275 e. The number of nitrogens with zero attached hydrogens (tertiary/aromatic N) is 4. The molecular weight excluding hydrogens is 434 g/mol. The first kappa shape index (κ1) is 22.0. The van der Waals surface area contributed by atoms with Crippen molar-refractivity contribution in [1.82, 2.24) is 24.6 Å². The summed E-state index contributed by atoms with van der Waals surface area (Å²) in [5, 5.41) is 5.84. The maximum atomic E-state index is 13.9. The number of aromatic nitrogens is 4. The lowest BCUT2D eigenvalue weighted by molar-refractivity contribution is 0.0496. The van der Waals surface area contributed by atoms with E-state index in [-0.39, 0.29) is 35.4 Å². The van der Waals surface area contributed by atoms with E-state index in [0.29, 0.717) is 47.2 Å². The number of H-pyrrole nitrogens is 1. The number of aromatic amines is 1. The fourth-order valence-electron chi connectivity index (χ4n) is 4.40. The van der Waals surface area contributed by atoms with Crippen molar-refractivity contribution < 1.29 is 9.53 Å². The lowest BCUT2D eigenvalue weighted by Crippen LogP contribution is -2.39. The quantitative estimate of drug-likeness (QED) is 0.474. The molecule has 4 aromatic rings. The van der Waals surface area contributed by atoms with E-state index < -0.39 is 0 Å². The highest BCUT2D eigenvalue weighted by Gasteiger charge is 2.27. The number of ether oxygens (including phenoxy) is 1. The van der Waals surface area contributed by atoms with Crippen molar-refractivity contribution >= 4 is 27.6 Å². The molecule has 1 saturated heterocycles. The fourth-order valence-corrected chi connectivity index (χ4v) is 4.40. The lowest BCUT2D eigenvalue weighted by atomic mass is 10.1. The molecular formula is C25H25N5O4. The Morgan fingerprint density at radius 2 is 1.85 bits per heavy atom. The van der Waals surface area contributed by atoms with Gasteiger partial charge >= 0.3 is 0 Å². The third kappa shape index (κ3) is 4.10. The molecule has 9 heteroatoms. The van der Waals surface area contributed by atoms with Crippen LogP contribution >= 0.6 is 0 Å². The molecule has 174 valence electrons. The Hall–Kier alpha value is -3.85. The Morgan fingerprint density at radius 3 is 2.59 bits per heavy atom. The van der Waals surface area contributed by atoms with Crippen LogP contribution in [0.3, 0.4) is 0 Å². The largest absolute Gasteiger partial charge is 0.376 e. The predicted molar refractivity (Wildman–Crippen MR) is 128 cm³/mol. The molecule has 1 fully saturated rings. The van der Waals surface area contributed by atoms with Crippen LogP contribution in [0.1, 0.15) is 36.1 Å². The molecule has 1 N–H and O–H groups in total. The van der Waals surface area contributed by atoms with Gasteiger partial charge in [0.05, 0.1) is 28.9 Å². The number of fused-ring (bicyclic) bond motifs is 2. The second-order valence-corrected chi connectivity index (χ2v) is 8.37. The Morgan fingerprint density at radius 1 is 1.12 bits per heavy atom. The van der Waals surface area contributed by atoms with E-state index >= 15 is 0 Å². The van der Waals surface area contributed by atoms with Crippen molar-refractivity contribution in [1.29, 1.82) is 0 Å². The van der Waals surface area contributed by atoms with Gasteiger partial charge in [-0.15, -0.1) is 0 Å². The highest BCUT2D eigenvalue weighted by atomic mass is 16.5. The second-order valence-electron chi connectivity index (χ2n) is 8.37. The van der Waals surface area contributed by atoms with Crippen LogP contribution in [0.2, 0.25) is 0 Å². The number of hydrogen-bond donors (Lipinski definition) is 1. The zero-order chi connectivity index (χ0) is 23.7. The van der Waals surface area contributed by atoms with E-state index in [1.807, 2.05) is 13.0 Å². The summed E-state index contributed by atoms with van der Waals surface area (Å²) < 4.78 is 7.09. The summed E-state index contributed by atoms with van der Waals surface area (Å²) in [5.74, 6) is 0.0351. The number of amides is 1. The normalized spacial score (nSPS) is 15.7. The molecule has 0 saturated carbocycles. The molecule has 1 aliphatic rings. The van der Waals surface area contributed by atoms with Gasteiger partial charge in [-0.2, -0.15) is 5.10 Å². The molecule has 0 bridgehead atoms. The van der Waals surface area contributed by atoms with E-state index in [1.165, 1.54) is 4.68 Å². The van der Waals surface area contributed by atoms with E-state index in [0.717, 1.165) is 12.8 Å². The zero-order valence-electron chi connectivity index (χ0n) is 18.9. The smallest absolute Gasteiger partial charge is 0.275 e. The molecule has 1 atom stereocenters. The Bertz CT molecular complexity index is 1490. The number of aryl methyl sites for hydroxylation is 1. The SMILES string of the molecule is CCn1nc(C(=O)N(Cc2nc3ccccc3c(=O)[nH]2)CC2CCCO2)c2ccccc2c1=O. The molecule has 9 nitrogen and oxygen atoms in total. The number of benzene rings is 2. The van der Waals surface area contributed by atoms with E-state index in [1.54, 1.807) is 47.4 Å². The molecule has 1 amide bonds. The van der Waals surface area contributed by atoms with Crippen molar-refractivity contribution in [2.24, 2.45) is 0 Å². The first-order valence-electron chi connectivity index (χ1n) is 11.4. The fraction of sp³-hybridized carbons (Fsp3) is 0.320. The molecule has 34 heavy (non-hydrogen) atoms. The molecule has 5 rings (SSSR count). The molecule has 1 unspecified atom stereocenters. The number of carbonyl (C=O) groups excluding carboxylic acids is 1. The minimum absolute atomic E-state index is 0.0834. The topological polar surface area (TPSA) is 110 Å². The summed E-state index contributed by atoms with van der Waals surface area (Å²) in [6.07, 6.45) is 1.66. The number of nitrogens with one attached hydrogen (secondary N) is 1. The number of carbonyl (C=O) groups is 1. The Balaban J connectivity index is 1.58. The first-order chi connectivity index (χ1) is 16.5. The number of para-hydroxylation sites is 1. The van der Waals surface area contributed by atoms with Gasteiger partial charge in [0.15, 0.2) is 5.69 Å². The van der Waals surface area contributed by atoms with Crippen LogP contribution in [0.5, 0.6) is 0 Å². The third-order valence-electron chi connectivity index (χ3n) is 6.11. The summed E-state index contributed by atoms with van der Waals surface area (Å²) in [6.45, 7) is 3.22. The van der Waals surface area contributed by atoms with E-state index in [4.69, 9.17) is 4.74 Å². The van der Waals surface area contributed by atoms with Crippen molar-refractivity contribution in [2.75, 3.05) is 13.2 Å². The van der Waals surface area contributed by atoms with Crippen LogP contribution in [0.4, 0.5) is 0 Å². The molecule has 0 aliphatic carbocycles. The highest BCUT2D eigenvalue weighted by molar-refractivity contribution is 6.04. The van der Waals surface area contributed by atoms with Crippen molar-refractivity contribution in [3.8, 4) is 0 Å². The van der Waals surface area contributed by atoms with Crippen LogP contribution in [0.15, 0.2) is 58.1 Å². The number of rotatable bonds is 6. The van der Waals surface area contributed by atoms with Gasteiger partial charge in [-0.1, -0.05) is 30.3 Å². The van der Waals surface area contributed by atoms with Crippen LogP contribution < -0.4 is 11.1 Å². The van der Waals surface area contributed by atoms with Crippen molar-refractivity contribution in [3.63, 3.8) is 0 Å². The average Bonchev–Trinajstić information content (AvgIpc) is 3.37. The van der Waals surface area contributed by atoms with E-state index in [2.05, 4.69) is 15.1 Å². The minimum atomic E-state index is -0.343. The summed E-state index contributed by atoms with van der Waals surface area (Å²) in [5.41, 5.74) is 0.265. The van der Waals surface area contributed by atoms with Crippen LogP contribution in [0, 0.1) is 0 Å². The van der Waals surface area contributed by atoms with Crippen LogP contribution in [-0.2, 0) is 17.8 Å². The molecule has 3 heterocycles. The average molecular weight is 460 g/mol. The molecule has 0 radical (unpaired) electrons. The summed E-state index contributed by atoms with van der Waals surface area (Å²) in [7, 11) is 0. The van der Waals surface area contributed by atoms with Gasteiger partial charge in [-0.3, -0.25) is 14.4 Å². The van der Waals surface area contributed by atoms with Gasteiger partial charge < -0.3 is 14.6 Å². The van der Waals surface area contributed by atoms with Gasteiger partial charge in [0.25, 0.3) is 17.0 Å². The molecule has 1 aliphatic heterocycles. The summed E-state index contributed by atoms with van der Waals surface area (Å²) in [4.78, 5) is 48.2. The van der Waals surface area contributed by atoms with Gasteiger partial charge in [-0.05, 0) is 38.0 Å². The molecule has 2 aromatic heterocycles. The maximum absolute atomic E-state index is 13.9. The van der Waals surface area contributed by atoms with Crippen molar-refractivity contribution in [2.45, 2.75) is 39.0 Å². The standard InChI is InChI=1S/C25H25N5O4/c1-2-30-24(32)18-10-4-3-9-17(18)22(28-30)25(33)29(14-16-8-7-13-34-16)15-21-26-20-12-6-5-11-19(20)23(31)27-21/h3-6,9-12,16H,2,7-8,13-15H2,1H3,(H,26,27,31). The Labute approximate surface area is 195 Å². The lowest BCUT2D eigenvalue weighted by Gasteiger charge is -2.25. The van der Waals surface area contributed by atoms with Gasteiger partial charge in [-0.25, -0.2) is 9.67 Å². The second kappa shape index (κ2) is 9.18. The van der Waals surface area contributed by atoms with Gasteiger partial charge in [0, 0.05) is 25.1 Å². The predicted octanol–water partition coefficient (Wildman–Crippen LogP) is 2.47. The van der Waals surface area contributed by atoms with Crippen LogP contribution in [-0.4, -0.2) is 49.8 Å². The Kier molecular flexibility index (Phi) is 5.93. The number of hydrogen-bond acceptors (Lipinski definition) is 6. The molecule has 0 spiro atoms. The third-order valence-corrected chi connectivity index (χ3v) is 6.11. The summed E-state index contributed by atoms with van der Waals surface area (Å²) >= 11 is 0. The van der Waals surface area contributed by atoms with Gasteiger partial charge in [0.1, 0.15) is 5.82 Å². The zero-order valence-corrected chi connectivity index (χ0v) is 18.9. The van der Waals surface area contributed by atoms with Crippen LogP contribution in [0.25, 0.3) is 21.7 Å². The monoisotopic (exact) mass is 459 g/mol. The molecule has 2 aromatic carbocycles. The first-order valence-corrected chi connectivity index (χ1v) is 11.4. The van der Waals surface area contributed by atoms with Crippen molar-refractivity contribution in [3.05, 3.63) is 80.8 Å². The van der Waals surface area contributed by atoms with Gasteiger partial charge in [0.2, 0.25) is 0 Å². The highest BCUT2D eigenvalue weighted by Crippen LogP contribution is 2.20. The van der Waals surface area contributed by atoms with E-state index in [9.17, 15) is 14.4 Å².